The third-order valence-corrected chi connectivity index (χ3v) is 6.85. The predicted octanol–water partition coefficient (Wildman–Crippen LogP) is 4.41. The maximum Gasteiger partial charge on any atom is 0.573 e. The first kappa shape index (κ1) is 24.8. The van der Waals surface area contributed by atoms with Crippen molar-refractivity contribution in [2.24, 2.45) is 0 Å². The lowest BCUT2D eigenvalue weighted by molar-refractivity contribution is -0.275. The maximum absolute atomic E-state index is 14.5. The summed E-state index contributed by atoms with van der Waals surface area (Å²) in [6.45, 7) is 0.921. The molecule has 36 heavy (non-hydrogen) atoms. The predicted molar refractivity (Wildman–Crippen MR) is 125 cm³/mol. The first-order chi connectivity index (χ1) is 17.0. The zero-order chi connectivity index (χ0) is 25.7. The maximum atomic E-state index is 14.5. The van der Waals surface area contributed by atoms with E-state index in [0.29, 0.717) is 30.9 Å². The van der Waals surface area contributed by atoms with Gasteiger partial charge in [0.15, 0.2) is 0 Å². The van der Waals surface area contributed by atoms with Crippen LogP contribution < -0.4 is 15.4 Å². The monoisotopic (exact) mass is 510 g/mol. The van der Waals surface area contributed by atoms with Gasteiger partial charge in [-0.05, 0) is 31.0 Å². The van der Waals surface area contributed by atoms with Gasteiger partial charge >= 0.3 is 6.36 Å². The number of aromatic amines is 1. The summed E-state index contributed by atoms with van der Waals surface area (Å²) in [4.78, 5) is 4.70. The number of para-hydroxylation sites is 1. The number of aliphatic hydroxyl groups is 1. The van der Waals surface area contributed by atoms with E-state index in [4.69, 9.17) is 0 Å². The first-order valence-corrected chi connectivity index (χ1v) is 11.8. The summed E-state index contributed by atoms with van der Waals surface area (Å²) in [6.07, 6.45) is -4.56. The number of ether oxygens (including phenoxy) is 1. The molecule has 0 saturated carbocycles. The highest BCUT2D eigenvalue weighted by molar-refractivity contribution is 5.85. The van der Waals surface area contributed by atoms with E-state index in [1.807, 2.05) is 24.3 Å². The number of fused-ring (bicyclic) bond motifs is 3. The number of alkyl halides is 5. The molecule has 0 radical (unpaired) electrons. The lowest BCUT2D eigenvalue weighted by Gasteiger charge is -2.42. The SMILES string of the molecule is C[C@@H]1Cc2c([nH]c3ccccc23)[C@@H](c2ccc(NC3CNC3)cc2OC(F)(F)F)N1CC(F)(F)CO. The second kappa shape index (κ2) is 9.20. The lowest BCUT2D eigenvalue weighted by Crippen LogP contribution is -2.51. The van der Waals surface area contributed by atoms with Crippen LogP contribution in [-0.2, 0) is 6.42 Å². The van der Waals surface area contributed by atoms with Gasteiger partial charge in [0.1, 0.15) is 12.4 Å². The Hall–Kier alpha value is -2.89. The minimum absolute atomic E-state index is 0.0735. The molecule has 11 heteroatoms. The van der Waals surface area contributed by atoms with E-state index in [9.17, 15) is 27.1 Å². The minimum atomic E-state index is -4.98. The molecule has 2 aliphatic heterocycles. The number of nitrogens with one attached hydrogen (secondary N) is 3. The average Bonchev–Trinajstić information content (AvgIpc) is 3.14. The van der Waals surface area contributed by atoms with E-state index in [2.05, 4.69) is 20.4 Å². The van der Waals surface area contributed by atoms with Crippen LogP contribution in [0.4, 0.5) is 27.6 Å². The van der Waals surface area contributed by atoms with Gasteiger partial charge in [0.25, 0.3) is 5.92 Å². The van der Waals surface area contributed by atoms with Gasteiger partial charge in [-0.25, -0.2) is 8.78 Å². The Morgan fingerprint density at radius 2 is 1.86 bits per heavy atom. The molecule has 1 saturated heterocycles. The Bertz CT molecular complexity index is 1240. The van der Waals surface area contributed by atoms with E-state index < -0.39 is 43.3 Å². The fourth-order valence-electron chi connectivity index (χ4n) is 5.10. The Morgan fingerprint density at radius 1 is 1.11 bits per heavy atom. The Balaban J connectivity index is 1.66. The number of hydrogen-bond acceptors (Lipinski definition) is 5. The van der Waals surface area contributed by atoms with Crippen LogP contribution in [0.15, 0.2) is 42.5 Å². The smallest absolute Gasteiger partial charge is 0.405 e. The first-order valence-electron chi connectivity index (χ1n) is 11.8. The molecule has 0 aliphatic carbocycles. The Kier molecular flexibility index (Phi) is 6.34. The van der Waals surface area contributed by atoms with Crippen molar-refractivity contribution in [2.45, 2.75) is 43.8 Å². The standard InChI is InChI=1S/C25H27F5N4O2/c1-14-8-19-17-4-2-3-5-20(17)33-22(19)23(34(14)12-24(26,27)13-35)18-7-6-15(32-16-10-31-11-16)9-21(18)36-25(28,29)30/h2-7,9,14,16,23,31-33,35H,8,10-13H2,1H3/t14-,23-/m1/s1. The van der Waals surface area contributed by atoms with Crippen LogP contribution in [0.1, 0.15) is 29.8 Å². The highest BCUT2D eigenvalue weighted by Crippen LogP contribution is 2.45. The highest BCUT2D eigenvalue weighted by Gasteiger charge is 2.43. The van der Waals surface area contributed by atoms with Crippen LogP contribution in [0.5, 0.6) is 5.75 Å². The van der Waals surface area contributed by atoms with Crippen molar-refractivity contribution < 1.29 is 31.8 Å². The zero-order valence-corrected chi connectivity index (χ0v) is 19.5. The van der Waals surface area contributed by atoms with Crippen molar-refractivity contribution in [1.29, 1.82) is 0 Å². The van der Waals surface area contributed by atoms with Crippen LogP contribution in [0, 0.1) is 0 Å². The molecule has 3 heterocycles. The molecule has 5 rings (SSSR count). The summed E-state index contributed by atoms with van der Waals surface area (Å²) in [5, 5.41) is 16.4. The number of hydrogen-bond donors (Lipinski definition) is 4. The van der Waals surface area contributed by atoms with Gasteiger partial charge in [-0.2, -0.15) is 0 Å². The fraction of sp³-hybridized carbons (Fsp3) is 0.440. The quantitative estimate of drug-likeness (QED) is 0.355. The largest absolute Gasteiger partial charge is 0.573 e. The molecule has 3 aromatic rings. The number of anilines is 1. The molecule has 0 spiro atoms. The normalized spacial score (nSPS) is 21.3. The van der Waals surface area contributed by atoms with E-state index in [1.54, 1.807) is 13.0 Å². The fourth-order valence-corrected chi connectivity index (χ4v) is 5.10. The van der Waals surface area contributed by atoms with Crippen molar-refractivity contribution in [3.05, 3.63) is 59.3 Å². The molecule has 0 amide bonds. The van der Waals surface area contributed by atoms with Gasteiger partial charge < -0.3 is 25.5 Å². The van der Waals surface area contributed by atoms with Crippen LogP contribution in [0.25, 0.3) is 10.9 Å². The summed E-state index contributed by atoms with van der Waals surface area (Å²) >= 11 is 0. The van der Waals surface area contributed by atoms with Gasteiger partial charge in [0, 0.05) is 53.0 Å². The zero-order valence-electron chi connectivity index (χ0n) is 19.5. The molecule has 0 unspecified atom stereocenters. The average molecular weight is 511 g/mol. The Morgan fingerprint density at radius 3 is 2.53 bits per heavy atom. The topological polar surface area (TPSA) is 72.5 Å². The van der Waals surface area contributed by atoms with E-state index in [-0.39, 0.29) is 11.6 Å². The molecule has 2 aliphatic rings. The van der Waals surface area contributed by atoms with Crippen molar-refractivity contribution in [3.63, 3.8) is 0 Å². The number of aliphatic hydroxyl groups excluding tert-OH is 1. The summed E-state index contributed by atoms with van der Waals surface area (Å²) < 4.78 is 73.9. The summed E-state index contributed by atoms with van der Waals surface area (Å²) in [6, 6.07) is 10.5. The van der Waals surface area contributed by atoms with E-state index >= 15 is 0 Å². The summed E-state index contributed by atoms with van der Waals surface area (Å²) in [7, 11) is 0. The van der Waals surface area contributed by atoms with Crippen molar-refractivity contribution in [1.82, 2.24) is 15.2 Å². The number of nitrogens with zero attached hydrogens (tertiary/aromatic N) is 1. The summed E-state index contributed by atoms with van der Waals surface area (Å²) in [5.41, 5.74) is 2.73. The van der Waals surface area contributed by atoms with Crippen LogP contribution in [0.2, 0.25) is 0 Å². The minimum Gasteiger partial charge on any atom is -0.405 e. The van der Waals surface area contributed by atoms with Crippen LogP contribution >= 0.6 is 0 Å². The number of benzene rings is 2. The third-order valence-electron chi connectivity index (χ3n) is 6.85. The number of halogens is 5. The molecule has 2 atom stereocenters. The van der Waals surface area contributed by atoms with Crippen LogP contribution in [-0.4, -0.2) is 65.6 Å². The van der Waals surface area contributed by atoms with Crippen LogP contribution in [0.3, 0.4) is 0 Å². The third kappa shape index (κ3) is 4.87. The molecule has 1 aromatic heterocycles. The van der Waals surface area contributed by atoms with Gasteiger partial charge in [-0.15, -0.1) is 13.2 Å². The van der Waals surface area contributed by atoms with Crippen molar-refractivity contribution in [3.8, 4) is 5.75 Å². The number of H-pyrrole nitrogens is 1. The van der Waals surface area contributed by atoms with Crippen molar-refractivity contribution >= 4 is 16.6 Å². The van der Waals surface area contributed by atoms with Gasteiger partial charge in [0.2, 0.25) is 0 Å². The number of aromatic nitrogens is 1. The molecule has 6 nitrogen and oxygen atoms in total. The lowest BCUT2D eigenvalue weighted by atomic mass is 9.87. The second-order valence-electron chi connectivity index (χ2n) is 9.50. The van der Waals surface area contributed by atoms with Gasteiger partial charge in [-0.1, -0.05) is 24.3 Å². The second-order valence-corrected chi connectivity index (χ2v) is 9.50. The highest BCUT2D eigenvalue weighted by atomic mass is 19.4. The van der Waals surface area contributed by atoms with Gasteiger partial charge in [-0.3, -0.25) is 4.90 Å². The molecular weight excluding hydrogens is 483 g/mol. The molecule has 194 valence electrons. The molecule has 0 bridgehead atoms. The summed E-state index contributed by atoms with van der Waals surface area (Å²) in [5.74, 6) is -3.90. The Labute approximate surface area is 204 Å². The van der Waals surface area contributed by atoms with E-state index in [0.717, 1.165) is 16.5 Å². The molecule has 2 aromatic carbocycles. The van der Waals surface area contributed by atoms with Gasteiger partial charge in [0.05, 0.1) is 18.6 Å². The molecule has 4 N–H and O–H groups in total. The molecular formula is C25H27F5N4O2. The number of rotatable bonds is 7. The molecule has 1 fully saturated rings. The van der Waals surface area contributed by atoms with Crippen molar-refractivity contribution in [2.75, 3.05) is 31.6 Å². The van der Waals surface area contributed by atoms with E-state index in [1.165, 1.54) is 17.0 Å².